The van der Waals surface area contributed by atoms with Crippen LogP contribution in [0.1, 0.15) is 71.4 Å². The van der Waals surface area contributed by atoms with Gasteiger partial charge in [0, 0.05) is 12.3 Å². The third-order valence-corrected chi connectivity index (χ3v) is 8.06. The molecule has 1 fully saturated rings. The molecule has 0 amide bonds. The monoisotopic (exact) mass is 378 g/mol. The smallest absolute Gasteiger partial charge is 0.152 e. The van der Waals surface area contributed by atoms with Crippen LogP contribution in [0.5, 0.6) is 0 Å². The number of Topliss-reactive ketones (excluding diaryl/α,β-unsaturated/α-hetero) is 1. The molecule has 2 rings (SSSR count). The van der Waals surface area contributed by atoms with Gasteiger partial charge in [-0.05, 0) is 62.0 Å². The molecule has 4 heteroatoms. The van der Waals surface area contributed by atoms with Crippen molar-refractivity contribution in [3.05, 3.63) is 35.4 Å². The van der Waals surface area contributed by atoms with Crippen LogP contribution in [0.3, 0.4) is 0 Å². The van der Waals surface area contributed by atoms with Gasteiger partial charge in [0.05, 0.1) is 11.0 Å². The minimum atomic E-state index is -2.99. The number of carbonyl (C=O) groups excluding carboxylic acids is 1. The van der Waals surface area contributed by atoms with E-state index in [4.69, 9.17) is 0 Å². The summed E-state index contributed by atoms with van der Waals surface area (Å²) in [5.74, 6) is 0.895. The maximum Gasteiger partial charge on any atom is 0.152 e. The second-order valence-corrected chi connectivity index (χ2v) is 11.8. The first-order valence-corrected chi connectivity index (χ1v) is 11.5. The zero-order valence-corrected chi connectivity index (χ0v) is 17.7. The van der Waals surface area contributed by atoms with Crippen LogP contribution in [0.15, 0.2) is 24.3 Å². The van der Waals surface area contributed by atoms with Crippen molar-refractivity contribution in [1.29, 1.82) is 0 Å². The SMILES string of the molecule is CC(C)S(=O)(=O)CC1CCC(C(=O)Cc2ccc(C(C)(C)C)cc2)CC1. The van der Waals surface area contributed by atoms with Crippen molar-refractivity contribution in [3.63, 3.8) is 0 Å². The lowest BCUT2D eigenvalue weighted by Crippen LogP contribution is -2.29. The molecule has 0 aromatic heterocycles. The number of hydrogen-bond donors (Lipinski definition) is 0. The highest BCUT2D eigenvalue weighted by Crippen LogP contribution is 2.32. The summed E-state index contributed by atoms with van der Waals surface area (Å²) in [7, 11) is -2.99. The van der Waals surface area contributed by atoms with Gasteiger partial charge >= 0.3 is 0 Å². The number of sulfone groups is 1. The molecule has 146 valence electrons. The van der Waals surface area contributed by atoms with Gasteiger partial charge in [0.2, 0.25) is 0 Å². The first kappa shape index (κ1) is 21.1. The summed E-state index contributed by atoms with van der Waals surface area (Å²) in [5.41, 5.74) is 2.48. The highest BCUT2D eigenvalue weighted by atomic mass is 32.2. The molecule has 0 unspecified atom stereocenters. The maximum absolute atomic E-state index is 12.6. The normalized spacial score (nSPS) is 21.8. The lowest BCUT2D eigenvalue weighted by molar-refractivity contribution is -0.123. The highest BCUT2D eigenvalue weighted by Gasteiger charge is 2.30. The molecular formula is C22H34O3S. The van der Waals surface area contributed by atoms with Crippen LogP contribution >= 0.6 is 0 Å². The number of carbonyl (C=O) groups is 1. The van der Waals surface area contributed by atoms with E-state index in [2.05, 4.69) is 45.0 Å². The Hall–Kier alpha value is -1.16. The predicted octanol–water partition coefficient (Wildman–Crippen LogP) is 4.73. The third-order valence-electron chi connectivity index (χ3n) is 5.69. The van der Waals surface area contributed by atoms with E-state index in [0.29, 0.717) is 12.2 Å². The Morgan fingerprint density at radius 1 is 1.04 bits per heavy atom. The van der Waals surface area contributed by atoms with E-state index in [-0.39, 0.29) is 28.3 Å². The fourth-order valence-electron chi connectivity index (χ4n) is 3.64. The lowest BCUT2D eigenvalue weighted by Gasteiger charge is -2.28. The van der Waals surface area contributed by atoms with Crippen molar-refractivity contribution < 1.29 is 13.2 Å². The fourth-order valence-corrected chi connectivity index (χ4v) is 5.02. The van der Waals surface area contributed by atoms with Crippen molar-refractivity contribution in [2.75, 3.05) is 5.75 Å². The minimum Gasteiger partial charge on any atom is -0.299 e. The van der Waals surface area contributed by atoms with Crippen molar-refractivity contribution in [1.82, 2.24) is 0 Å². The van der Waals surface area contributed by atoms with Crippen molar-refractivity contribution in [2.24, 2.45) is 11.8 Å². The minimum absolute atomic E-state index is 0.0929. The predicted molar refractivity (Wildman–Crippen MR) is 108 cm³/mol. The van der Waals surface area contributed by atoms with Gasteiger partial charge in [0.25, 0.3) is 0 Å². The molecule has 1 aliphatic rings. The molecule has 0 saturated heterocycles. The molecule has 1 aromatic carbocycles. The van der Waals surface area contributed by atoms with Gasteiger partial charge in [-0.3, -0.25) is 4.79 Å². The van der Waals surface area contributed by atoms with E-state index in [0.717, 1.165) is 31.2 Å². The van der Waals surface area contributed by atoms with Gasteiger partial charge in [-0.15, -0.1) is 0 Å². The Balaban J connectivity index is 1.87. The van der Waals surface area contributed by atoms with Crippen LogP contribution in [-0.2, 0) is 26.5 Å². The standard InChI is InChI=1S/C22H34O3S/c1-16(2)26(24,25)15-18-6-10-19(11-7-18)21(23)14-17-8-12-20(13-9-17)22(3,4)5/h8-9,12-13,16,18-19H,6-7,10-11,14-15H2,1-5H3. The maximum atomic E-state index is 12.6. The summed E-state index contributed by atoms with van der Waals surface area (Å²) in [6.07, 6.45) is 3.86. The molecule has 1 aromatic rings. The summed E-state index contributed by atoms with van der Waals surface area (Å²) >= 11 is 0. The number of rotatable bonds is 6. The van der Waals surface area contributed by atoms with E-state index in [1.54, 1.807) is 13.8 Å². The molecule has 0 bridgehead atoms. The molecule has 3 nitrogen and oxygen atoms in total. The number of ketones is 1. The molecule has 26 heavy (non-hydrogen) atoms. The molecule has 0 N–H and O–H groups in total. The summed E-state index contributed by atoms with van der Waals surface area (Å²) in [6, 6.07) is 8.38. The van der Waals surface area contributed by atoms with Crippen LogP contribution in [0.4, 0.5) is 0 Å². The van der Waals surface area contributed by atoms with Gasteiger partial charge in [-0.1, -0.05) is 45.0 Å². The van der Waals surface area contributed by atoms with Crippen LogP contribution < -0.4 is 0 Å². The van der Waals surface area contributed by atoms with E-state index in [1.165, 1.54) is 5.56 Å². The van der Waals surface area contributed by atoms with Crippen LogP contribution in [0, 0.1) is 11.8 Å². The van der Waals surface area contributed by atoms with Gasteiger partial charge in [-0.25, -0.2) is 8.42 Å². The van der Waals surface area contributed by atoms with E-state index in [1.807, 2.05) is 0 Å². The van der Waals surface area contributed by atoms with Gasteiger partial charge in [0.15, 0.2) is 9.84 Å². The molecule has 0 spiro atoms. The quantitative estimate of drug-likeness (QED) is 0.719. The first-order valence-electron chi connectivity index (χ1n) is 9.82. The molecule has 0 atom stereocenters. The Bertz CT molecular complexity index is 701. The average Bonchev–Trinajstić information content (AvgIpc) is 2.54. The molecule has 0 heterocycles. The number of hydrogen-bond acceptors (Lipinski definition) is 3. The van der Waals surface area contributed by atoms with Gasteiger partial charge in [0.1, 0.15) is 5.78 Å². The van der Waals surface area contributed by atoms with Crippen molar-refractivity contribution in [2.45, 2.75) is 77.4 Å². The highest BCUT2D eigenvalue weighted by molar-refractivity contribution is 7.91. The topological polar surface area (TPSA) is 51.2 Å². The Kier molecular flexibility index (Phi) is 6.70. The molecular weight excluding hydrogens is 344 g/mol. The van der Waals surface area contributed by atoms with Gasteiger partial charge in [-0.2, -0.15) is 0 Å². The molecule has 0 aliphatic heterocycles. The van der Waals surface area contributed by atoms with Crippen LogP contribution in [0.25, 0.3) is 0 Å². The van der Waals surface area contributed by atoms with Crippen molar-refractivity contribution in [3.8, 4) is 0 Å². The average molecular weight is 379 g/mol. The van der Waals surface area contributed by atoms with Crippen LogP contribution in [-0.4, -0.2) is 25.2 Å². The second-order valence-electron chi connectivity index (χ2n) is 9.19. The lowest BCUT2D eigenvalue weighted by atomic mass is 9.79. The summed E-state index contributed by atoms with van der Waals surface area (Å²) in [6.45, 7) is 10.0. The zero-order valence-electron chi connectivity index (χ0n) is 16.9. The molecule has 1 aliphatic carbocycles. The second kappa shape index (κ2) is 8.24. The van der Waals surface area contributed by atoms with E-state index < -0.39 is 9.84 Å². The number of benzene rings is 1. The molecule has 1 saturated carbocycles. The van der Waals surface area contributed by atoms with E-state index in [9.17, 15) is 13.2 Å². The Morgan fingerprint density at radius 3 is 2.04 bits per heavy atom. The van der Waals surface area contributed by atoms with Gasteiger partial charge < -0.3 is 0 Å². The van der Waals surface area contributed by atoms with E-state index >= 15 is 0 Å². The van der Waals surface area contributed by atoms with Crippen LogP contribution in [0.2, 0.25) is 0 Å². The summed E-state index contributed by atoms with van der Waals surface area (Å²) in [5, 5.41) is -0.307. The largest absolute Gasteiger partial charge is 0.299 e. The van der Waals surface area contributed by atoms with Crippen molar-refractivity contribution >= 4 is 15.6 Å². The first-order chi connectivity index (χ1) is 12.0. The Morgan fingerprint density at radius 2 is 1.58 bits per heavy atom. The summed E-state index contributed by atoms with van der Waals surface area (Å²) in [4.78, 5) is 12.6. The Labute approximate surface area is 159 Å². The fraction of sp³-hybridized carbons (Fsp3) is 0.682. The molecule has 0 radical (unpaired) electrons. The summed E-state index contributed by atoms with van der Waals surface area (Å²) < 4.78 is 24.2. The zero-order chi connectivity index (χ0) is 19.5. The third kappa shape index (κ3) is 5.67.